The first kappa shape index (κ1) is 19.6. The summed E-state index contributed by atoms with van der Waals surface area (Å²) in [6, 6.07) is 14.1. The van der Waals surface area contributed by atoms with Gasteiger partial charge in [0, 0.05) is 29.9 Å². The molecule has 0 aliphatic carbocycles. The van der Waals surface area contributed by atoms with Crippen LogP contribution in [0.2, 0.25) is 0 Å². The van der Waals surface area contributed by atoms with E-state index in [1.807, 2.05) is 42.2 Å². The fourth-order valence-electron chi connectivity index (χ4n) is 3.84. The van der Waals surface area contributed by atoms with E-state index in [-0.39, 0.29) is 18.1 Å². The zero-order valence-electron chi connectivity index (χ0n) is 16.6. The van der Waals surface area contributed by atoms with Crippen LogP contribution in [0.1, 0.15) is 55.3 Å². The lowest BCUT2D eigenvalue weighted by molar-refractivity contribution is 0.172. The van der Waals surface area contributed by atoms with Crippen molar-refractivity contribution in [3.05, 3.63) is 70.8 Å². The lowest BCUT2D eigenvalue weighted by Crippen LogP contribution is -2.43. The van der Waals surface area contributed by atoms with Crippen molar-refractivity contribution in [2.24, 2.45) is 0 Å². The van der Waals surface area contributed by atoms with Crippen LogP contribution in [0, 0.1) is 0 Å². The second-order valence-corrected chi connectivity index (χ2v) is 8.34. The Morgan fingerprint density at radius 2 is 1.93 bits per heavy atom. The lowest BCUT2D eigenvalue weighted by Gasteiger charge is -2.31. The number of rotatable bonds is 4. The number of amides is 2. The molecule has 6 heteroatoms. The molecule has 150 valence electrons. The summed E-state index contributed by atoms with van der Waals surface area (Å²) in [6.45, 7) is 2.78. The number of nitrogens with one attached hydrogen (secondary N) is 1. The van der Waals surface area contributed by atoms with Gasteiger partial charge in [0.05, 0.1) is 17.8 Å². The Morgan fingerprint density at radius 3 is 2.72 bits per heavy atom. The Hall–Kier alpha value is -2.73. The molecule has 4 rings (SSSR count). The van der Waals surface area contributed by atoms with Crippen LogP contribution in [-0.4, -0.2) is 27.4 Å². The number of hydrogen-bond acceptors (Lipinski definition) is 4. The van der Waals surface area contributed by atoms with Gasteiger partial charge in [0.25, 0.3) is 0 Å². The predicted octanol–water partition coefficient (Wildman–Crippen LogP) is 5.59. The molecule has 1 N–H and O–H groups in total. The second-order valence-electron chi connectivity index (χ2n) is 7.45. The molecular formula is C23H26N4OS. The van der Waals surface area contributed by atoms with E-state index in [0.717, 1.165) is 54.1 Å². The number of likely N-dealkylation sites (tertiary alicyclic amines) is 1. The smallest absolute Gasteiger partial charge is 0.318 e. The second kappa shape index (κ2) is 9.18. The fourth-order valence-corrected chi connectivity index (χ4v) is 4.68. The van der Waals surface area contributed by atoms with E-state index in [2.05, 4.69) is 27.8 Å². The Bertz CT molecular complexity index is 928. The van der Waals surface area contributed by atoms with Gasteiger partial charge in [0.15, 0.2) is 0 Å². The molecule has 0 radical (unpaired) electrons. The van der Waals surface area contributed by atoms with Crippen molar-refractivity contribution in [3.8, 4) is 11.3 Å². The van der Waals surface area contributed by atoms with Gasteiger partial charge in [-0.25, -0.2) is 9.78 Å². The topological polar surface area (TPSA) is 58.1 Å². The number of aromatic nitrogens is 2. The molecule has 1 aromatic carbocycles. The van der Waals surface area contributed by atoms with Crippen LogP contribution in [0.3, 0.4) is 0 Å². The molecule has 0 unspecified atom stereocenters. The lowest BCUT2D eigenvalue weighted by atomic mass is 10.0. The highest BCUT2D eigenvalue weighted by atomic mass is 32.1. The third-order valence-corrected chi connectivity index (χ3v) is 6.43. The normalized spacial score (nSPS) is 18.1. The maximum absolute atomic E-state index is 13.2. The third-order valence-electron chi connectivity index (χ3n) is 5.41. The first-order valence-corrected chi connectivity index (χ1v) is 11.1. The molecule has 0 spiro atoms. The average molecular weight is 407 g/mol. The van der Waals surface area contributed by atoms with Crippen molar-refractivity contribution in [1.29, 1.82) is 0 Å². The van der Waals surface area contributed by atoms with Crippen molar-refractivity contribution in [2.45, 2.75) is 44.7 Å². The van der Waals surface area contributed by atoms with Crippen molar-refractivity contribution in [1.82, 2.24) is 20.2 Å². The van der Waals surface area contributed by atoms with Gasteiger partial charge in [-0.05, 0) is 37.5 Å². The van der Waals surface area contributed by atoms with Gasteiger partial charge in [-0.1, -0.05) is 43.2 Å². The number of nitrogens with zero attached hydrogens (tertiary/aromatic N) is 3. The number of hydrogen-bond donors (Lipinski definition) is 1. The van der Waals surface area contributed by atoms with E-state index >= 15 is 0 Å². The maximum atomic E-state index is 13.2. The molecule has 5 nitrogen and oxygen atoms in total. The van der Waals surface area contributed by atoms with Gasteiger partial charge in [-0.2, -0.15) is 0 Å². The standard InChI is InChI=1S/C23H26N4OS/c1-17(22-26-20(16-29-22)18-8-4-2-5-9-18)25-23(28)27-15-7-3-6-10-21(27)19-11-13-24-14-12-19/h2,4-5,8-9,11-14,16-17,21H,3,6-7,10,15H2,1H3,(H,25,28)/t17-,21-/m1/s1. The number of carbonyl (C=O) groups is 1. The van der Waals surface area contributed by atoms with Crippen molar-refractivity contribution >= 4 is 17.4 Å². The highest BCUT2D eigenvalue weighted by Gasteiger charge is 2.28. The number of benzene rings is 1. The van der Waals surface area contributed by atoms with Crippen LogP contribution >= 0.6 is 11.3 Å². The van der Waals surface area contributed by atoms with Gasteiger partial charge < -0.3 is 10.2 Å². The van der Waals surface area contributed by atoms with E-state index in [9.17, 15) is 4.79 Å². The molecule has 1 aliphatic heterocycles. The van der Waals surface area contributed by atoms with E-state index in [1.54, 1.807) is 23.7 Å². The number of pyridine rings is 1. The van der Waals surface area contributed by atoms with Crippen molar-refractivity contribution in [2.75, 3.05) is 6.54 Å². The summed E-state index contributed by atoms with van der Waals surface area (Å²) in [6.07, 6.45) is 7.94. The molecule has 3 aromatic rings. The van der Waals surface area contributed by atoms with E-state index in [0.29, 0.717) is 0 Å². The molecule has 3 heterocycles. The molecule has 2 aromatic heterocycles. The summed E-state index contributed by atoms with van der Waals surface area (Å²) < 4.78 is 0. The van der Waals surface area contributed by atoms with E-state index in [4.69, 9.17) is 4.98 Å². The highest BCUT2D eigenvalue weighted by molar-refractivity contribution is 7.10. The van der Waals surface area contributed by atoms with Crippen LogP contribution in [0.15, 0.2) is 60.2 Å². The molecule has 1 aliphatic rings. The van der Waals surface area contributed by atoms with Crippen molar-refractivity contribution < 1.29 is 4.79 Å². The molecule has 1 fully saturated rings. The SMILES string of the molecule is C[C@@H](NC(=O)N1CCCCC[C@@H]1c1ccncc1)c1nc(-c2ccccc2)cs1. The zero-order valence-corrected chi connectivity index (χ0v) is 17.4. The number of thiazole rings is 1. The Kier molecular flexibility index (Phi) is 6.20. The predicted molar refractivity (Wildman–Crippen MR) is 117 cm³/mol. The Morgan fingerprint density at radius 1 is 1.14 bits per heavy atom. The van der Waals surface area contributed by atoms with Crippen LogP contribution in [-0.2, 0) is 0 Å². The molecule has 0 saturated carbocycles. The summed E-state index contributed by atoms with van der Waals surface area (Å²) >= 11 is 1.59. The quantitative estimate of drug-likeness (QED) is 0.614. The van der Waals surface area contributed by atoms with Crippen LogP contribution in [0.25, 0.3) is 11.3 Å². The average Bonchev–Trinajstić information content (AvgIpc) is 3.13. The molecule has 2 amide bonds. The minimum Gasteiger partial charge on any atom is -0.329 e. The summed E-state index contributed by atoms with van der Waals surface area (Å²) in [5, 5.41) is 6.16. The number of carbonyl (C=O) groups excluding carboxylic acids is 1. The molecular weight excluding hydrogens is 380 g/mol. The Labute approximate surface area is 175 Å². The zero-order chi connectivity index (χ0) is 20.1. The summed E-state index contributed by atoms with van der Waals surface area (Å²) in [5.41, 5.74) is 3.21. The largest absolute Gasteiger partial charge is 0.329 e. The van der Waals surface area contributed by atoms with E-state index < -0.39 is 0 Å². The van der Waals surface area contributed by atoms with Gasteiger partial charge >= 0.3 is 6.03 Å². The molecule has 1 saturated heterocycles. The summed E-state index contributed by atoms with van der Waals surface area (Å²) in [5.74, 6) is 0. The summed E-state index contributed by atoms with van der Waals surface area (Å²) in [4.78, 5) is 24.0. The van der Waals surface area contributed by atoms with Gasteiger partial charge in [0.1, 0.15) is 5.01 Å². The summed E-state index contributed by atoms with van der Waals surface area (Å²) in [7, 11) is 0. The van der Waals surface area contributed by atoms with Crippen LogP contribution < -0.4 is 5.32 Å². The fraction of sp³-hybridized carbons (Fsp3) is 0.348. The van der Waals surface area contributed by atoms with Gasteiger partial charge in [-0.3, -0.25) is 4.98 Å². The third kappa shape index (κ3) is 4.65. The Balaban J connectivity index is 1.48. The minimum absolute atomic E-state index is 0.0160. The molecule has 0 bridgehead atoms. The number of urea groups is 1. The maximum Gasteiger partial charge on any atom is 0.318 e. The monoisotopic (exact) mass is 406 g/mol. The van der Waals surface area contributed by atoms with E-state index in [1.165, 1.54) is 0 Å². The molecule has 29 heavy (non-hydrogen) atoms. The van der Waals surface area contributed by atoms with Gasteiger partial charge in [0.2, 0.25) is 0 Å². The van der Waals surface area contributed by atoms with Gasteiger partial charge in [-0.15, -0.1) is 11.3 Å². The first-order valence-electron chi connectivity index (χ1n) is 10.2. The van der Waals surface area contributed by atoms with Crippen LogP contribution in [0.4, 0.5) is 4.79 Å². The van der Waals surface area contributed by atoms with Crippen LogP contribution in [0.5, 0.6) is 0 Å². The minimum atomic E-state index is -0.133. The molecule has 2 atom stereocenters. The van der Waals surface area contributed by atoms with Crippen molar-refractivity contribution in [3.63, 3.8) is 0 Å². The highest BCUT2D eigenvalue weighted by Crippen LogP contribution is 2.31. The first-order chi connectivity index (χ1) is 14.2.